The van der Waals surface area contributed by atoms with Gasteiger partial charge in [-0.2, -0.15) is 0 Å². The second kappa shape index (κ2) is 7.07. The molecule has 1 aromatic rings. The second-order valence-electron chi connectivity index (χ2n) is 6.40. The molecule has 5 nitrogen and oxygen atoms in total. The number of ether oxygens (including phenoxy) is 4. The van der Waals surface area contributed by atoms with Crippen molar-refractivity contribution < 1.29 is 18.9 Å². The first-order valence-corrected chi connectivity index (χ1v) is 8.41. The van der Waals surface area contributed by atoms with E-state index < -0.39 is 5.79 Å². The molecule has 2 N–H and O–H groups in total. The van der Waals surface area contributed by atoms with E-state index in [0.29, 0.717) is 31.6 Å². The van der Waals surface area contributed by atoms with E-state index in [1.165, 1.54) is 5.56 Å². The minimum absolute atomic E-state index is 0.331. The number of hydrogen-bond acceptors (Lipinski definition) is 5. The molecule has 3 rings (SSSR count). The van der Waals surface area contributed by atoms with Crippen molar-refractivity contribution in [1.29, 1.82) is 0 Å². The quantitative estimate of drug-likeness (QED) is 0.845. The maximum Gasteiger partial charge on any atom is 0.167 e. The lowest BCUT2D eigenvalue weighted by atomic mass is 9.75. The molecular formula is C18H27NO4. The first-order valence-electron chi connectivity index (χ1n) is 8.41. The van der Waals surface area contributed by atoms with Crippen LogP contribution in [-0.4, -0.2) is 39.8 Å². The zero-order valence-electron chi connectivity index (χ0n) is 14.0. The van der Waals surface area contributed by atoms with E-state index in [4.69, 9.17) is 24.7 Å². The molecule has 0 amide bonds. The molecule has 1 aromatic carbocycles. The van der Waals surface area contributed by atoms with Crippen LogP contribution in [0.15, 0.2) is 18.2 Å². The van der Waals surface area contributed by atoms with Gasteiger partial charge in [0.2, 0.25) is 0 Å². The van der Waals surface area contributed by atoms with E-state index in [1.54, 1.807) is 14.2 Å². The molecule has 0 bridgehead atoms. The van der Waals surface area contributed by atoms with Crippen LogP contribution in [-0.2, 0) is 9.47 Å². The highest BCUT2D eigenvalue weighted by atomic mass is 16.7. The van der Waals surface area contributed by atoms with Crippen molar-refractivity contribution in [3.63, 3.8) is 0 Å². The Kier molecular flexibility index (Phi) is 5.09. The van der Waals surface area contributed by atoms with Crippen LogP contribution < -0.4 is 15.2 Å². The van der Waals surface area contributed by atoms with Gasteiger partial charge < -0.3 is 24.7 Å². The standard InChI is InChI=1S/C18H27NO4/c1-20-18(21-2)7-5-13(6-8-18)15(12-19)14-3-4-16-17(11-14)23-10-9-22-16/h3-4,11,13,15H,5-10,12,19H2,1-2H3. The summed E-state index contributed by atoms with van der Waals surface area (Å²) in [6.07, 6.45) is 3.92. The normalized spacial score (nSPS) is 21.9. The molecule has 1 unspecified atom stereocenters. The number of nitrogens with two attached hydrogens (primary N) is 1. The lowest BCUT2D eigenvalue weighted by Gasteiger charge is -2.40. The van der Waals surface area contributed by atoms with Gasteiger partial charge in [0.15, 0.2) is 17.3 Å². The van der Waals surface area contributed by atoms with Gasteiger partial charge in [-0.1, -0.05) is 6.07 Å². The summed E-state index contributed by atoms with van der Waals surface area (Å²) in [4.78, 5) is 0. The number of rotatable bonds is 5. The Labute approximate surface area is 138 Å². The molecular weight excluding hydrogens is 294 g/mol. The zero-order chi connectivity index (χ0) is 16.3. The van der Waals surface area contributed by atoms with Crippen LogP contribution in [0.5, 0.6) is 11.5 Å². The smallest absolute Gasteiger partial charge is 0.167 e. The predicted octanol–water partition coefficient (Wildman–Crippen LogP) is 2.68. The molecule has 5 heteroatoms. The van der Waals surface area contributed by atoms with Crippen molar-refractivity contribution in [3.05, 3.63) is 23.8 Å². The van der Waals surface area contributed by atoms with Gasteiger partial charge in [0, 0.05) is 27.1 Å². The van der Waals surface area contributed by atoms with Crippen LogP contribution in [0.2, 0.25) is 0 Å². The second-order valence-corrected chi connectivity index (χ2v) is 6.40. The van der Waals surface area contributed by atoms with Crippen molar-refractivity contribution >= 4 is 0 Å². The van der Waals surface area contributed by atoms with Crippen LogP contribution in [0.4, 0.5) is 0 Å². The Balaban J connectivity index is 1.73. The Hall–Kier alpha value is -1.30. The monoisotopic (exact) mass is 321 g/mol. The third kappa shape index (κ3) is 3.32. The molecule has 1 fully saturated rings. The number of methoxy groups -OCH3 is 2. The average molecular weight is 321 g/mol. The Morgan fingerprint density at radius 1 is 1.13 bits per heavy atom. The van der Waals surface area contributed by atoms with Crippen molar-refractivity contribution in [2.24, 2.45) is 11.7 Å². The Bertz CT molecular complexity index is 520. The molecule has 0 spiro atoms. The lowest BCUT2D eigenvalue weighted by Crippen LogP contribution is -2.40. The fourth-order valence-electron chi connectivity index (χ4n) is 3.87. The van der Waals surface area contributed by atoms with Crippen molar-refractivity contribution in [2.45, 2.75) is 37.4 Å². The summed E-state index contributed by atoms with van der Waals surface area (Å²) >= 11 is 0. The number of hydrogen-bond donors (Lipinski definition) is 1. The van der Waals surface area contributed by atoms with Gasteiger partial charge in [-0.25, -0.2) is 0 Å². The summed E-state index contributed by atoms with van der Waals surface area (Å²) in [5, 5.41) is 0. The molecule has 1 saturated carbocycles. The Morgan fingerprint density at radius 2 is 1.78 bits per heavy atom. The van der Waals surface area contributed by atoms with Gasteiger partial charge in [-0.05, 0) is 48.9 Å². The lowest BCUT2D eigenvalue weighted by molar-refractivity contribution is -0.228. The van der Waals surface area contributed by atoms with E-state index in [1.807, 2.05) is 6.07 Å². The van der Waals surface area contributed by atoms with Gasteiger partial charge in [0.25, 0.3) is 0 Å². The molecule has 0 saturated heterocycles. The van der Waals surface area contributed by atoms with Gasteiger partial charge in [-0.3, -0.25) is 0 Å². The molecule has 2 aliphatic rings. The molecule has 1 aliphatic carbocycles. The van der Waals surface area contributed by atoms with E-state index in [-0.39, 0.29) is 0 Å². The fourth-order valence-corrected chi connectivity index (χ4v) is 3.87. The summed E-state index contributed by atoms with van der Waals surface area (Å²) in [7, 11) is 3.45. The first kappa shape index (κ1) is 16.6. The fraction of sp³-hybridized carbons (Fsp3) is 0.667. The summed E-state index contributed by atoms with van der Waals surface area (Å²) in [6.45, 7) is 1.86. The van der Waals surface area contributed by atoms with E-state index in [0.717, 1.165) is 37.2 Å². The summed E-state index contributed by atoms with van der Waals surface area (Å²) < 4.78 is 22.5. The minimum atomic E-state index is -0.414. The highest BCUT2D eigenvalue weighted by molar-refractivity contribution is 5.45. The van der Waals surface area contributed by atoms with Crippen LogP contribution in [0.25, 0.3) is 0 Å². The predicted molar refractivity (Wildman–Crippen MR) is 87.9 cm³/mol. The highest BCUT2D eigenvalue weighted by Crippen LogP contribution is 2.43. The minimum Gasteiger partial charge on any atom is -0.486 e. The molecule has 1 aliphatic heterocycles. The first-order chi connectivity index (χ1) is 11.2. The topological polar surface area (TPSA) is 62.9 Å². The van der Waals surface area contributed by atoms with Gasteiger partial charge in [0.1, 0.15) is 13.2 Å². The Morgan fingerprint density at radius 3 is 2.39 bits per heavy atom. The molecule has 128 valence electrons. The van der Waals surface area contributed by atoms with E-state index >= 15 is 0 Å². The van der Waals surface area contributed by atoms with Crippen LogP contribution in [0, 0.1) is 5.92 Å². The third-order valence-electron chi connectivity index (χ3n) is 5.35. The van der Waals surface area contributed by atoms with E-state index in [9.17, 15) is 0 Å². The molecule has 0 radical (unpaired) electrons. The maximum absolute atomic E-state index is 6.11. The van der Waals surface area contributed by atoms with Crippen LogP contribution in [0.1, 0.15) is 37.2 Å². The van der Waals surface area contributed by atoms with Gasteiger partial charge >= 0.3 is 0 Å². The SMILES string of the molecule is COC1(OC)CCC(C(CN)c2ccc3c(c2)OCCO3)CC1. The molecule has 1 atom stereocenters. The van der Waals surface area contributed by atoms with Crippen molar-refractivity contribution in [3.8, 4) is 11.5 Å². The number of fused-ring (bicyclic) bond motifs is 1. The van der Waals surface area contributed by atoms with Gasteiger partial charge in [0.05, 0.1) is 0 Å². The molecule has 23 heavy (non-hydrogen) atoms. The number of benzene rings is 1. The summed E-state index contributed by atoms with van der Waals surface area (Å²) in [5.41, 5.74) is 7.35. The van der Waals surface area contributed by atoms with Crippen LogP contribution in [0.3, 0.4) is 0 Å². The van der Waals surface area contributed by atoms with Crippen LogP contribution >= 0.6 is 0 Å². The zero-order valence-corrected chi connectivity index (χ0v) is 14.0. The van der Waals surface area contributed by atoms with Crippen molar-refractivity contribution in [1.82, 2.24) is 0 Å². The summed E-state index contributed by atoms with van der Waals surface area (Å²) in [5.74, 6) is 2.13. The molecule has 0 aromatic heterocycles. The van der Waals surface area contributed by atoms with E-state index in [2.05, 4.69) is 12.1 Å². The van der Waals surface area contributed by atoms with Crippen molar-refractivity contribution in [2.75, 3.05) is 34.0 Å². The largest absolute Gasteiger partial charge is 0.486 e. The average Bonchev–Trinajstić information content (AvgIpc) is 2.63. The maximum atomic E-state index is 6.11. The highest BCUT2D eigenvalue weighted by Gasteiger charge is 2.38. The summed E-state index contributed by atoms with van der Waals surface area (Å²) in [6, 6.07) is 6.23. The molecule has 1 heterocycles. The van der Waals surface area contributed by atoms with Gasteiger partial charge in [-0.15, -0.1) is 0 Å². The third-order valence-corrected chi connectivity index (χ3v) is 5.35.